The fourth-order valence-electron chi connectivity index (χ4n) is 2.05. The minimum Gasteiger partial charge on any atom is -0.351 e. The molecule has 0 saturated heterocycles. The molecule has 0 radical (unpaired) electrons. The predicted octanol–water partition coefficient (Wildman–Crippen LogP) is 1.20. The standard InChI is InChI=1S/C14H20N6O/c1-10(16-8-7-13-19-17-9-20(13)2)11-3-5-12(6-4-11)18-14(15)21/h3-6,9-10,16H,7-8H2,1-2H3,(H3,15,18,21). The molecule has 0 saturated carbocycles. The topological polar surface area (TPSA) is 97.9 Å². The van der Waals surface area contributed by atoms with Crippen molar-refractivity contribution in [2.45, 2.75) is 19.4 Å². The van der Waals surface area contributed by atoms with E-state index in [0.717, 1.165) is 24.4 Å². The van der Waals surface area contributed by atoms with Crippen molar-refractivity contribution in [3.05, 3.63) is 42.0 Å². The number of anilines is 1. The molecule has 1 heterocycles. The third-order valence-corrected chi connectivity index (χ3v) is 3.28. The number of nitrogens with zero attached hydrogens (tertiary/aromatic N) is 3. The van der Waals surface area contributed by atoms with Crippen LogP contribution in [0.25, 0.3) is 0 Å². The van der Waals surface area contributed by atoms with Crippen molar-refractivity contribution < 1.29 is 4.79 Å². The molecule has 21 heavy (non-hydrogen) atoms. The Kier molecular flexibility index (Phi) is 4.89. The summed E-state index contributed by atoms with van der Waals surface area (Å²) < 4.78 is 1.91. The number of aryl methyl sites for hydroxylation is 1. The predicted molar refractivity (Wildman–Crippen MR) is 80.8 cm³/mol. The Morgan fingerprint density at radius 3 is 2.67 bits per heavy atom. The first-order valence-electron chi connectivity index (χ1n) is 6.79. The molecule has 1 unspecified atom stereocenters. The minimum atomic E-state index is -0.558. The second kappa shape index (κ2) is 6.85. The molecule has 0 aliphatic carbocycles. The fraction of sp³-hybridized carbons (Fsp3) is 0.357. The number of carbonyl (C=O) groups is 1. The van der Waals surface area contributed by atoms with E-state index in [1.165, 1.54) is 0 Å². The summed E-state index contributed by atoms with van der Waals surface area (Å²) in [6.07, 6.45) is 2.52. The van der Waals surface area contributed by atoms with Crippen molar-refractivity contribution in [3.63, 3.8) is 0 Å². The molecule has 4 N–H and O–H groups in total. The summed E-state index contributed by atoms with van der Waals surface area (Å²) in [5.74, 6) is 0.954. The highest BCUT2D eigenvalue weighted by Gasteiger charge is 2.06. The van der Waals surface area contributed by atoms with E-state index in [4.69, 9.17) is 5.73 Å². The highest BCUT2D eigenvalue weighted by Crippen LogP contribution is 2.15. The van der Waals surface area contributed by atoms with Crippen molar-refractivity contribution in [2.24, 2.45) is 12.8 Å². The van der Waals surface area contributed by atoms with Gasteiger partial charge in [-0.05, 0) is 24.6 Å². The molecule has 1 aromatic carbocycles. The van der Waals surface area contributed by atoms with Gasteiger partial charge in [-0.3, -0.25) is 0 Å². The van der Waals surface area contributed by atoms with Gasteiger partial charge in [0, 0.05) is 31.7 Å². The summed E-state index contributed by atoms with van der Waals surface area (Å²) in [7, 11) is 1.93. The largest absolute Gasteiger partial charge is 0.351 e. The third-order valence-electron chi connectivity index (χ3n) is 3.28. The first kappa shape index (κ1) is 15.0. The van der Waals surface area contributed by atoms with Gasteiger partial charge in [-0.2, -0.15) is 0 Å². The maximum Gasteiger partial charge on any atom is 0.316 e. The normalized spacial score (nSPS) is 12.1. The molecule has 112 valence electrons. The number of nitrogens with one attached hydrogen (secondary N) is 2. The zero-order valence-corrected chi connectivity index (χ0v) is 12.2. The zero-order valence-electron chi connectivity index (χ0n) is 12.2. The Morgan fingerprint density at radius 1 is 1.38 bits per heavy atom. The quantitative estimate of drug-likeness (QED) is 0.744. The van der Waals surface area contributed by atoms with Crippen LogP contribution in [0.3, 0.4) is 0 Å². The maximum absolute atomic E-state index is 10.8. The Labute approximate surface area is 123 Å². The van der Waals surface area contributed by atoms with E-state index >= 15 is 0 Å². The minimum absolute atomic E-state index is 0.209. The lowest BCUT2D eigenvalue weighted by Crippen LogP contribution is -2.22. The van der Waals surface area contributed by atoms with E-state index in [0.29, 0.717) is 5.69 Å². The molecule has 1 atom stereocenters. The number of hydrogen-bond acceptors (Lipinski definition) is 4. The van der Waals surface area contributed by atoms with Crippen LogP contribution in [0.4, 0.5) is 10.5 Å². The first-order chi connectivity index (χ1) is 10.1. The number of primary amides is 1. The van der Waals surface area contributed by atoms with Crippen LogP contribution in [0, 0.1) is 0 Å². The molecule has 7 nitrogen and oxygen atoms in total. The Hall–Kier alpha value is -2.41. The van der Waals surface area contributed by atoms with Crippen molar-refractivity contribution in [3.8, 4) is 0 Å². The van der Waals surface area contributed by atoms with Crippen LogP contribution in [0.15, 0.2) is 30.6 Å². The number of carbonyl (C=O) groups excluding carboxylic acids is 1. The van der Waals surface area contributed by atoms with Crippen LogP contribution in [-0.4, -0.2) is 27.3 Å². The summed E-state index contributed by atoms with van der Waals surface area (Å²) in [4.78, 5) is 10.8. The van der Waals surface area contributed by atoms with E-state index in [2.05, 4.69) is 27.8 Å². The second-order valence-electron chi connectivity index (χ2n) is 4.90. The molecule has 0 bridgehead atoms. The van der Waals surface area contributed by atoms with Gasteiger partial charge in [0.25, 0.3) is 0 Å². The van der Waals surface area contributed by atoms with E-state index in [1.807, 2.05) is 35.9 Å². The van der Waals surface area contributed by atoms with Crippen molar-refractivity contribution in [2.75, 3.05) is 11.9 Å². The van der Waals surface area contributed by atoms with Crippen LogP contribution in [0.2, 0.25) is 0 Å². The molecule has 7 heteroatoms. The lowest BCUT2D eigenvalue weighted by atomic mass is 10.1. The molecule has 0 fully saturated rings. The monoisotopic (exact) mass is 288 g/mol. The third kappa shape index (κ3) is 4.28. The number of aromatic nitrogens is 3. The van der Waals surface area contributed by atoms with Gasteiger partial charge in [0.1, 0.15) is 12.2 Å². The Bertz CT molecular complexity index is 592. The molecule has 0 aliphatic rings. The van der Waals surface area contributed by atoms with Gasteiger partial charge in [0.05, 0.1) is 0 Å². The molecule has 1 aromatic heterocycles. The molecular weight excluding hydrogens is 268 g/mol. The summed E-state index contributed by atoms with van der Waals surface area (Å²) in [6, 6.07) is 7.25. The number of rotatable bonds is 6. The molecule has 0 aliphatic heterocycles. The van der Waals surface area contributed by atoms with Crippen molar-refractivity contribution in [1.29, 1.82) is 0 Å². The maximum atomic E-state index is 10.8. The highest BCUT2D eigenvalue weighted by atomic mass is 16.2. The van der Waals surface area contributed by atoms with E-state index in [1.54, 1.807) is 6.33 Å². The molecule has 0 spiro atoms. The lowest BCUT2D eigenvalue weighted by Gasteiger charge is -2.14. The number of hydrogen-bond donors (Lipinski definition) is 3. The van der Waals surface area contributed by atoms with Gasteiger partial charge in [0.2, 0.25) is 0 Å². The van der Waals surface area contributed by atoms with Crippen LogP contribution < -0.4 is 16.4 Å². The highest BCUT2D eigenvalue weighted by molar-refractivity contribution is 5.87. The summed E-state index contributed by atoms with van der Waals surface area (Å²) in [6.45, 7) is 2.90. The summed E-state index contributed by atoms with van der Waals surface area (Å²) in [5, 5.41) is 13.9. The van der Waals surface area contributed by atoms with E-state index < -0.39 is 6.03 Å². The van der Waals surface area contributed by atoms with Crippen LogP contribution in [-0.2, 0) is 13.5 Å². The Morgan fingerprint density at radius 2 is 2.10 bits per heavy atom. The van der Waals surface area contributed by atoms with Gasteiger partial charge in [0.15, 0.2) is 0 Å². The van der Waals surface area contributed by atoms with Crippen LogP contribution in [0.5, 0.6) is 0 Å². The van der Waals surface area contributed by atoms with E-state index in [-0.39, 0.29) is 6.04 Å². The Balaban J connectivity index is 1.84. The van der Waals surface area contributed by atoms with Crippen molar-refractivity contribution in [1.82, 2.24) is 20.1 Å². The SMILES string of the molecule is CC(NCCc1nncn1C)c1ccc(NC(N)=O)cc1. The first-order valence-corrected chi connectivity index (χ1v) is 6.79. The average molecular weight is 288 g/mol. The van der Waals surface area contributed by atoms with E-state index in [9.17, 15) is 4.79 Å². The molecule has 2 aromatic rings. The second-order valence-corrected chi connectivity index (χ2v) is 4.90. The lowest BCUT2D eigenvalue weighted by molar-refractivity contribution is 0.259. The van der Waals surface area contributed by atoms with Crippen LogP contribution in [0.1, 0.15) is 24.4 Å². The number of nitrogens with two attached hydrogens (primary N) is 1. The summed E-state index contributed by atoms with van der Waals surface area (Å²) in [5.41, 5.74) is 6.91. The van der Waals surface area contributed by atoms with Gasteiger partial charge in [-0.1, -0.05) is 12.1 Å². The molecule has 2 amide bonds. The smallest absolute Gasteiger partial charge is 0.316 e. The van der Waals surface area contributed by atoms with Gasteiger partial charge < -0.3 is 20.9 Å². The number of urea groups is 1. The van der Waals surface area contributed by atoms with Crippen molar-refractivity contribution >= 4 is 11.7 Å². The molecular formula is C14H20N6O. The van der Waals surface area contributed by atoms with Crippen LogP contribution >= 0.6 is 0 Å². The zero-order chi connectivity index (χ0) is 15.2. The van der Waals surface area contributed by atoms with Gasteiger partial charge >= 0.3 is 6.03 Å². The van der Waals surface area contributed by atoms with Gasteiger partial charge in [-0.25, -0.2) is 4.79 Å². The van der Waals surface area contributed by atoms with Gasteiger partial charge in [-0.15, -0.1) is 10.2 Å². The number of benzene rings is 1. The average Bonchev–Trinajstić information content (AvgIpc) is 2.84. The number of amides is 2. The molecule has 2 rings (SSSR count). The summed E-state index contributed by atoms with van der Waals surface area (Å²) >= 11 is 0. The fourth-order valence-corrected chi connectivity index (χ4v) is 2.05.